The van der Waals surface area contributed by atoms with Gasteiger partial charge in [0.1, 0.15) is 0 Å². The second kappa shape index (κ2) is 9.83. The van der Waals surface area contributed by atoms with Gasteiger partial charge in [-0.3, -0.25) is 14.4 Å². The Morgan fingerprint density at radius 1 is 1.00 bits per heavy atom. The first-order valence-electron chi connectivity index (χ1n) is 9.97. The summed E-state index contributed by atoms with van der Waals surface area (Å²) in [7, 11) is 0. The quantitative estimate of drug-likeness (QED) is 0.666. The largest absolute Gasteiger partial charge is 0.356 e. The number of ketones is 1. The molecule has 6 heteroatoms. The molecule has 0 radical (unpaired) electrons. The van der Waals surface area contributed by atoms with Crippen LogP contribution in [0.4, 0.5) is 0 Å². The standard InChI is InChI=1S/C23H25BrN2O3/c1-2-13-25-22(28)17-11-14-26(15-12-17)23(29)20-6-4-3-5-19(20)21(27)16-7-9-18(24)10-8-16/h3-10,17H,2,11-15H2,1H3,(H,25,28). The predicted molar refractivity (Wildman–Crippen MR) is 116 cm³/mol. The first-order valence-corrected chi connectivity index (χ1v) is 10.8. The second-order valence-electron chi connectivity index (χ2n) is 7.24. The van der Waals surface area contributed by atoms with E-state index >= 15 is 0 Å². The molecule has 1 aliphatic heterocycles. The van der Waals surface area contributed by atoms with Gasteiger partial charge in [0.15, 0.2) is 5.78 Å². The number of carbonyl (C=O) groups excluding carboxylic acids is 3. The maximum atomic E-state index is 13.1. The Bertz CT molecular complexity index is 887. The molecule has 1 heterocycles. The van der Waals surface area contributed by atoms with Gasteiger partial charge in [0.25, 0.3) is 5.91 Å². The van der Waals surface area contributed by atoms with Crippen LogP contribution in [0.2, 0.25) is 0 Å². The number of piperidine rings is 1. The topological polar surface area (TPSA) is 66.5 Å². The van der Waals surface area contributed by atoms with Crippen molar-refractivity contribution in [2.45, 2.75) is 26.2 Å². The highest BCUT2D eigenvalue weighted by Crippen LogP contribution is 2.22. The molecule has 29 heavy (non-hydrogen) atoms. The highest BCUT2D eigenvalue weighted by Gasteiger charge is 2.29. The highest BCUT2D eigenvalue weighted by molar-refractivity contribution is 9.10. The van der Waals surface area contributed by atoms with Crippen LogP contribution in [0.3, 0.4) is 0 Å². The van der Waals surface area contributed by atoms with Gasteiger partial charge in [0, 0.05) is 41.2 Å². The van der Waals surface area contributed by atoms with Gasteiger partial charge in [-0.1, -0.05) is 41.1 Å². The molecule has 0 bridgehead atoms. The molecular weight excluding hydrogens is 432 g/mol. The van der Waals surface area contributed by atoms with Crippen LogP contribution in [-0.2, 0) is 4.79 Å². The number of halogens is 1. The molecule has 5 nitrogen and oxygen atoms in total. The molecule has 0 saturated carbocycles. The van der Waals surface area contributed by atoms with Crippen molar-refractivity contribution in [1.29, 1.82) is 0 Å². The van der Waals surface area contributed by atoms with E-state index in [1.165, 1.54) is 0 Å². The predicted octanol–water partition coefficient (Wildman–Crippen LogP) is 4.06. The maximum absolute atomic E-state index is 13.1. The number of nitrogens with zero attached hydrogens (tertiary/aromatic N) is 1. The van der Waals surface area contributed by atoms with Crippen LogP contribution in [0.1, 0.15) is 52.5 Å². The summed E-state index contributed by atoms with van der Waals surface area (Å²) >= 11 is 3.37. The lowest BCUT2D eigenvalue weighted by Gasteiger charge is -2.31. The first kappa shape index (κ1) is 21.2. The van der Waals surface area contributed by atoms with Crippen molar-refractivity contribution in [2.75, 3.05) is 19.6 Å². The van der Waals surface area contributed by atoms with Crippen LogP contribution in [0.5, 0.6) is 0 Å². The molecular formula is C23H25BrN2O3. The average Bonchev–Trinajstić information content (AvgIpc) is 2.77. The molecule has 0 atom stereocenters. The van der Waals surface area contributed by atoms with Crippen molar-refractivity contribution in [3.8, 4) is 0 Å². The number of hydrogen-bond acceptors (Lipinski definition) is 3. The van der Waals surface area contributed by atoms with Gasteiger partial charge in [-0.2, -0.15) is 0 Å². The van der Waals surface area contributed by atoms with Gasteiger partial charge in [-0.25, -0.2) is 0 Å². The van der Waals surface area contributed by atoms with Gasteiger partial charge in [0.05, 0.1) is 5.56 Å². The summed E-state index contributed by atoms with van der Waals surface area (Å²) in [4.78, 5) is 40.0. The summed E-state index contributed by atoms with van der Waals surface area (Å²) in [6.07, 6.45) is 2.19. The van der Waals surface area contributed by atoms with E-state index < -0.39 is 0 Å². The minimum absolute atomic E-state index is 0.0507. The maximum Gasteiger partial charge on any atom is 0.254 e. The summed E-state index contributed by atoms with van der Waals surface area (Å²) in [6.45, 7) is 3.74. The summed E-state index contributed by atoms with van der Waals surface area (Å²) < 4.78 is 0.893. The molecule has 2 aromatic carbocycles. The van der Waals surface area contributed by atoms with E-state index in [0.29, 0.717) is 49.2 Å². The minimum atomic E-state index is -0.171. The number of amides is 2. The molecule has 0 aromatic heterocycles. The molecule has 152 valence electrons. The molecule has 2 amide bonds. The zero-order valence-corrected chi connectivity index (χ0v) is 18.1. The van der Waals surface area contributed by atoms with E-state index in [0.717, 1.165) is 10.9 Å². The number of benzene rings is 2. The van der Waals surface area contributed by atoms with E-state index in [-0.39, 0.29) is 23.5 Å². The fourth-order valence-corrected chi connectivity index (χ4v) is 3.80. The van der Waals surface area contributed by atoms with Crippen molar-refractivity contribution in [2.24, 2.45) is 5.92 Å². The first-order chi connectivity index (χ1) is 14.0. The lowest BCUT2D eigenvalue weighted by atomic mass is 9.93. The highest BCUT2D eigenvalue weighted by atomic mass is 79.9. The number of likely N-dealkylation sites (tertiary alicyclic amines) is 1. The van der Waals surface area contributed by atoms with Crippen LogP contribution in [0.25, 0.3) is 0 Å². The van der Waals surface area contributed by atoms with Crippen molar-refractivity contribution in [1.82, 2.24) is 10.2 Å². The van der Waals surface area contributed by atoms with Gasteiger partial charge in [0.2, 0.25) is 5.91 Å². The molecule has 2 aromatic rings. The monoisotopic (exact) mass is 456 g/mol. The van der Waals surface area contributed by atoms with E-state index in [1.54, 1.807) is 41.3 Å². The molecule has 0 spiro atoms. The van der Waals surface area contributed by atoms with Crippen LogP contribution < -0.4 is 5.32 Å². The van der Waals surface area contributed by atoms with Crippen molar-refractivity contribution >= 4 is 33.5 Å². The number of nitrogens with one attached hydrogen (secondary N) is 1. The lowest BCUT2D eigenvalue weighted by molar-refractivity contribution is -0.126. The van der Waals surface area contributed by atoms with E-state index in [2.05, 4.69) is 21.2 Å². The molecule has 1 fully saturated rings. The Kier molecular flexibility index (Phi) is 7.20. The Hall–Kier alpha value is -2.47. The van der Waals surface area contributed by atoms with Crippen molar-refractivity contribution in [3.63, 3.8) is 0 Å². The second-order valence-corrected chi connectivity index (χ2v) is 8.15. The fraction of sp³-hybridized carbons (Fsp3) is 0.348. The molecule has 1 saturated heterocycles. The Morgan fingerprint density at radius 2 is 1.62 bits per heavy atom. The number of rotatable bonds is 6. The summed E-state index contributed by atoms with van der Waals surface area (Å²) in [6, 6.07) is 14.1. The zero-order valence-electron chi connectivity index (χ0n) is 16.5. The third-order valence-corrected chi connectivity index (χ3v) is 5.74. The Morgan fingerprint density at radius 3 is 2.24 bits per heavy atom. The Balaban J connectivity index is 1.72. The molecule has 3 rings (SSSR count). The lowest BCUT2D eigenvalue weighted by Crippen LogP contribution is -2.43. The molecule has 0 aliphatic carbocycles. The zero-order chi connectivity index (χ0) is 20.8. The number of hydrogen-bond donors (Lipinski definition) is 1. The summed E-state index contributed by atoms with van der Waals surface area (Å²) in [5, 5.41) is 2.93. The van der Waals surface area contributed by atoms with Gasteiger partial charge >= 0.3 is 0 Å². The van der Waals surface area contributed by atoms with Crippen molar-refractivity contribution < 1.29 is 14.4 Å². The SMILES string of the molecule is CCCNC(=O)C1CCN(C(=O)c2ccccc2C(=O)c2ccc(Br)cc2)CC1. The average molecular weight is 457 g/mol. The minimum Gasteiger partial charge on any atom is -0.356 e. The molecule has 1 N–H and O–H groups in total. The summed E-state index contributed by atoms with van der Waals surface area (Å²) in [5.41, 5.74) is 1.36. The molecule has 0 unspecified atom stereocenters. The Labute approximate surface area is 179 Å². The van der Waals surface area contributed by atoms with Crippen molar-refractivity contribution in [3.05, 3.63) is 69.7 Å². The third kappa shape index (κ3) is 5.12. The van der Waals surface area contributed by atoms with E-state index in [9.17, 15) is 14.4 Å². The summed E-state index contributed by atoms with van der Waals surface area (Å²) in [5.74, 6) is -0.302. The fourth-order valence-electron chi connectivity index (χ4n) is 3.53. The van der Waals surface area contributed by atoms with E-state index in [1.807, 2.05) is 19.1 Å². The smallest absolute Gasteiger partial charge is 0.254 e. The van der Waals surface area contributed by atoms with Crippen LogP contribution in [0, 0.1) is 5.92 Å². The molecule has 1 aliphatic rings. The van der Waals surface area contributed by atoms with Gasteiger partial charge < -0.3 is 10.2 Å². The third-order valence-electron chi connectivity index (χ3n) is 5.21. The van der Waals surface area contributed by atoms with E-state index in [4.69, 9.17) is 0 Å². The normalized spacial score (nSPS) is 14.5. The van der Waals surface area contributed by atoms with Crippen LogP contribution in [-0.4, -0.2) is 42.1 Å². The number of carbonyl (C=O) groups is 3. The van der Waals surface area contributed by atoms with Crippen LogP contribution in [0.15, 0.2) is 53.0 Å². The van der Waals surface area contributed by atoms with Gasteiger partial charge in [-0.05, 0) is 49.6 Å². The van der Waals surface area contributed by atoms with Crippen LogP contribution >= 0.6 is 15.9 Å². The van der Waals surface area contributed by atoms with Gasteiger partial charge in [-0.15, -0.1) is 0 Å².